The Labute approximate surface area is 86.3 Å². The van der Waals surface area contributed by atoms with Crippen molar-refractivity contribution in [3.8, 4) is 0 Å². The third-order valence-electron chi connectivity index (χ3n) is 3.84. The molecule has 14 heavy (non-hydrogen) atoms. The summed E-state index contributed by atoms with van der Waals surface area (Å²) in [6, 6.07) is 0. The maximum atomic E-state index is 10.4. The van der Waals surface area contributed by atoms with Crippen molar-refractivity contribution in [1.82, 2.24) is 0 Å². The Morgan fingerprint density at radius 2 is 1.64 bits per heavy atom. The molecule has 0 aromatic rings. The molecule has 4 atom stereocenters. The third-order valence-corrected chi connectivity index (χ3v) is 3.84. The van der Waals surface area contributed by atoms with E-state index in [1.165, 1.54) is 0 Å². The highest BCUT2D eigenvalue weighted by atomic mass is 16.3. The van der Waals surface area contributed by atoms with Crippen LogP contribution in [-0.4, -0.2) is 21.4 Å². The van der Waals surface area contributed by atoms with Crippen LogP contribution in [0.15, 0.2) is 0 Å². The molecule has 2 bridgehead atoms. The Morgan fingerprint density at radius 1 is 1.00 bits per heavy atom. The minimum absolute atomic E-state index is 0.147. The molecule has 82 valence electrons. The third kappa shape index (κ3) is 1.82. The highest BCUT2D eigenvalue weighted by molar-refractivity contribution is 5.05. The molecule has 0 amide bonds. The molecular weight excluding hydrogens is 176 g/mol. The molecule has 0 saturated heterocycles. The van der Waals surface area contributed by atoms with Gasteiger partial charge in [-0.25, -0.2) is 0 Å². The SMILES string of the molecule is CC1CC2(C)CC(C)(O)CC(O)(C1)C2. The quantitative estimate of drug-likeness (QED) is 0.625. The smallest absolute Gasteiger partial charge is 0.0682 e. The predicted molar refractivity (Wildman–Crippen MR) is 55.9 cm³/mol. The molecule has 0 aliphatic heterocycles. The van der Waals surface area contributed by atoms with Gasteiger partial charge in [0, 0.05) is 6.42 Å². The molecule has 2 heteroatoms. The van der Waals surface area contributed by atoms with Crippen LogP contribution < -0.4 is 0 Å². The maximum absolute atomic E-state index is 10.4. The van der Waals surface area contributed by atoms with Gasteiger partial charge in [-0.1, -0.05) is 13.8 Å². The van der Waals surface area contributed by atoms with Gasteiger partial charge in [-0.3, -0.25) is 0 Å². The summed E-state index contributed by atoms with van der Waals surface area (Å²) in [5.74, 6) is 0.592. The minimum atomic E-state index is -0.665. The van der Waals surface area contributed by atoms with Crippen LogP contribution in [0.5, 0.6) is 0 Å². The van der Waals surface area contributed by atoms with Gasteiger partial charge in [-0.05, 0) is 43.9 Å². The summed E-state index contributed by atoms with van der Waals surface area (Å²) in [5, 5.41) is 20.5. The van der Waals surface area contributed by atoms with Crippen LogP contribution in [-0.2, 0) is 0 Å². The van der Waals surface area contributed by atoms with Crippen molar-refractivity contribution in [2.45, 2.75) is 64.1 Å². The Balaban J connectivity index is 2.28. The van der Waals surface area contributed by atoms with Crippen LogP contribution in [0, 0.1) is 11.3 Å². The van der Waals surface area contributed by atoms with Crippen molar-refractivity contribution in [3.63, 3.8) is 0 Å². The van der Waals surface area contributed by atoms with E-state index in [2.05, 4.69) is 13.8 Å². The second-order valence-corrected chi connectivity index (χ2v) is 6.58. The van der Waals surface area contributed by atoms with Gasteiger partial charge in [0.25, 0.3) is 0 Å². The van der Waals surface area contributed by atoms with Gasteiger partial charge < -0.3 is 10.2 Å². The summed E-state index contributed by atoms with van der Waals surface area (Å²) in [6.07, 6.45) is 4.28. The highest BCUT2D eigenvalue weighted by Gasteiger charge is 2.53. The van der Waals surface area contributed by atoms with Crippen molar-refractivity contribution in [2.24, 2.45) is 11.3 Å². The molecule has 0 aromatic carbocycles. The van der Waals surface area contributed by atoms with Gasteiger partial charge in [-0.15, -0.1) is 0 Å². The Kier molecular flexibility index (Phi) is 2.04. The highest BCUT2D eigenvalue weighted by Crippen LogP contribution is 2.55. The van der Waals surface area contributed by atoms with Crippen LogP contribution in [0.3, 0.4) is 0 Å². The molecule has 0 radical (unpaired) electrons. The lowest BCUT2D eigenvalue weighted by Gasteiger charge is -2.55. The summed E-state index contributed by atoms with van der Waals surface area (Å²) >= 11 is 0. The van der Waals surface area contributed by atoms with E-state index in [9.17, 15) is 10.2 Å². The van der Waals surface area contributed by atoms with Crippen LogP contribution in [0.4, 0.5) is 0 Å². The molecule has 0 aromatic heterocycles. The zero-order chi connectivity index (χ0) is 10.6. The average Bonchev–Trinajstić information content (AvgIpc) is 1.71. The van der Waals surface area contributed by atoms with Gasteiger partial charge in [0.05, 0.1) is 11.2 Å². The second kappa shape index (κ2) is 2.73. The van der Waals surface area contributed by atoms with Crippen molar-refractivity contribution in [3.05, 3.63) is 0 Å². The lowest BCUT2D eigenvalue weighted by molar-refractivity contribution is -0.170. The van der Waals surface area contributed by atoms with Crippen molar-refractivity contribution >= 4 is 0 Å². The molecule has 2 nitrogen and oxygen atoms in total. The molecule has 2 aliphatic carbocycles. The normalized spacial score (nSPS) is 58.5. The molecule has 2 rings (SSSR count). The van der Waals surface area contributed by atoms with Gasteiger partial charge in [0.2, 0.25) is 0 Å². The molecule has 2 saturated carbocycles. The molecule has 2 aliphatic rings. The van der Waals surface area contributed by atoms with E-state index in [0.717, 1.165) is 25.7 Å². The van der Waals surface area contributed by atoms with E-state index < -0.39 is 11.2 Å². The fraction of sp³-hybridized carbons (Fsp3) is 1.00. The monoisotopic (exact) mass is 198 g/mol. The zero-order valence-electron chi connectivity index (χ0n) is 9.51. The molecular formula is C12H22O2. The Hall–Kier alpha value is -0.0800. The predicted octanol–water partition coefficient (Wildman–Crippen LogP) is 2.09. The van der Waals surface area contributed by atoms with E-state index in [1.54, 1.807) is 0 Å². The molecule has 0 spiro atoms. The summed E-state index contributed by atoms with van der Waals surface area (Å²) in [5.41, 5.74) is -1.12. The first kappa shape index (κ1) is 10.4. The average molecular weight is 198 g/mol. The van der Waals surface area contributed by atoms with E-state index in [4.69, 9.17) is 0 Å². The summed E-state index contributed by atoms with van der Waals surface area (Å²) in [7, 11) is 0. The first-order valence-electron chi connectivity index (χ1n) is 5.67. The lowest BCUT2D eigenvalue weighted by Crippen LogP contribution is -2.55. The molecule has 0 heterocycles. The molecule has 4 unspecified atom stereocenters. The van der Waals surface area contributed by atoms with Crippen molar-refractivity contribution in [1.29, 1.82) is 0 Å². The zero-order valence-corrected chi connectivity index (χ0v) is 9.51. The number of fused-ring (bicyclic) bond motifs is 2. The number of hydrogen-bond donors (Lipinski definition) is 2. The number of aliphatic hydroxyl groups is 2. The topological polar surface area (TPSA) is 40.5 Å². The fourth-order valence-corrected chi connectivity index (χ4v) is 4.46. The number of rotatable bonds is 0. The summed E-state index contributed by atoms with van der Waals surface area (Å²) < 4.78 is 0. The van der Waals surface area contributed by atoms with Gasteiger partial charge in [0.1, 0.15) is 0 Å². The van der Waals surface area contributed by atoms with E-state index in [1.807, 2.05) is 6.92 Å². The van der Waals surface area contributed by atoms with E-state index in [0.29, 0.717) is 12.3 Å². The maximum Gasteiger partial charge on any atom is 0.0682 e. The van der Waals surface area contributed by atoms with Crippen molar-refractivity contribution in [2.75, 3.05) is 0 Å². The second-order valence-electron chi connectivity index (χ2n) is 6.58. The van der Waals surface area contributed by atoms with Crippen LogP contribution in [0.1, 0.15) is 52.9 Å². The van der Waals surface area contributed by atoms with Gasteiger partial charge in [-0.2, -0.15) is 0 Å². The fourth-order valence-electron chi connectivity index (χ4n) is 4.46. The summed E-state index contributed by atoms with van der Waals surface area (Å²) in [6.45, 7) is 6.29. The first-order chi connectivity index (χ1) is 6.22. The summed E-state index contributed by atoms with van der Waals surface area (Å²) in [4.78, 5) is 0. The molecule has 2 N–H and O–H groups in total. The van der Waals surface area contributed by atoms with Crippen LogP contribution in [0.2, 0.25) is 0 Å². The molecule has 2 fully saturated rings. The van der Waals surface area contributed by atoms with Gasteiger partial charge in [0.15, 0.2) is 0 Å². The van der Waals surface area contributed by atoms with Crippen LogP contribution >= 0.6 is 0 Å². The van der Waals surface area contributed by atoms with Crippen LogP contribution in [0.25, 0.3) is 0 Å². The first-order valence-corrected chi connectivity index (χ1v) is 5.67. The lowest BCUT2D eigenvalue weighted by atomic mass is 9.54. The van der Waals surface area contributed by atoms with E-state index >= 15 is 0 Å². The number of hydrogen-bond acceptors (Lipinski definition) is 2. The van der Waals surface area contributed by atoms with Gasteiger partial charge >= 0.3 is 0 Å². The minimum Gasteiger partial charge on any atom is -0.390 e. The largest absolute Gasteiger partial charge is 0.390 e. The Morgan fingerprint density at radius 3 is 2.21 bits per heavy atom. The standard InChI is InChI=1S/C12H22O2/c1-9-4-10(2)6-11(3,13)8-12(14,5-9)7-10/h9,13-14H,4-8H2,1-3H3. The Bertz CT molecular complexity index is 219. The van der Waals surface area contributed by atoms with E-state index in [-0.39, 0.29) is 5.41 Å². The van der Waals surface area contributed by atoms with Crippen molar-refractivity contribution < 1.29 is 10.2 Å².